The number of ether oxygens (including phenoxy) is 1. The van der Waals surface area contributed by atoms with E-state index in [0.717, 1.165) is 49.4 Å². The topological polar surface area (TPSA) is 58.6 Å². The Balaban J connectivity index is 1.69. The highest BCUT2D eigenvalue weighted by Crippen LogP contribution is 2.56. The highest BCUT2D eigenvalue weighted by molar-refractivity contribution is 7.95. The van der Waals surface area contributed by atoms with Gasteiger partial charge in [-0.25, -0.2) is 4.79 Å². The van der Waals surface area contributed by atoms with Crippen molar-refractivity contribution in [2.24, 2.45) is 0 Å². The molecule has 1 heterocycles. The molecule has 2 N–H and O–H groups in total. The smallest absolute Gasteiger partial charge is 0.333 e. The van der Waals surface area contributed by atoms with Crippen molar-refractivity contribution < 1.29 is 19.1 Å². The van der Waals surface area contributed by atoms with E-state index >= 15 is 0 Å². The molecule has 0 spiro atoms. The van der Waals surface area contributed by atoms with Gasteiger partial charge in [0, 0.05) is 35.9 Å². The first kappa shape index (κ1) is 44.9. The Bertz CT molecular complexity index is 1450. The van der Waals surface area contributed by atoms with E-state index < -0.39 is 19.3 Å². The second kappa shape index (κ2) is 21.6. The molecule has 0 saturated carbocycles. The quantitative estimate of drug-likeness (QED) is 0.0313. The van der Waals surface area contributed by atoms with Crippen LogP contribution in [0.1, 0.15) is 125 Å². The number of carbonyl (C=O) groups excluding carboxylic acids is 1. The summed E-state index contributed by atoms with van der Waals surface area (Å²) in [5.41, 5.74) is 0.281. The lowest BCUT2D eigenvalue weighted by Gasteiger charge is -2.55. The Morgan fingerprint density at radius 3 is 1.60 bits per heavy atom. The second-order valence-electron chi connectivity index (χ2n) is 17.9. The van der Waals surface area contributed by atoms with Crippen molar-refractivity contribution in [2.45, 2.75) is 148 Å². The number of unbranched alkanes of at least 4 members (excludes halogenated alkanes) is 9. The second-order valence-corrected chi connectivity index (χ2v) is 21.5. The highest BCUT2D eigenvalue weighted by Gasteiger charge is 2.50. The van der Waals surface area contributed by atoms with Gasteiger partial charge in [0.1, 0.15) is 42.4 Å². The van der Waals surface area contributed by atoms with E-state index in [4.69, 9.17) is 4.74 Å². The van der Waals surface area contributed by atoms with Gasteiger partial charge in [-0.2, -0.15) is 0 Å². The minimum absolute atomic E-state index is 0.00351. The molecular formula is C49H75N2O3P+2. The fourth-order valence-corrected chi connectivity index (χ4v) is 14.0. The lowest BCUT2D eigenvalue weighted by Crippen LogP contribution is -2.69. The number of esters is 1. The van der Waals surface area contributed by atoms with E-state index in [-0.39, 0.29) is 17.7 Å². The maximum atomic E-state index is 12.5. The van der Waals surface area contributed by atoms with Crippen LogP contribution in [0, 0.1) is 0 Å². The molecule has 1 aliphatic heterocycles. The Hall–Kier alpha value is -2.82. The Morgan fingerprint density at radius 1 is 0.745 bits per heavy atom. The molecule has 0 aliphatic carbocycles. The molecular weight excluding hydrogens is 696 g/mol. The van der Waals surface area contributed by atoms with E-state index in [1.807, 2.05) is 0 Å². The minimum atomic E-state index is -2.02. The normalized spacial score (nSPS) is 17.3. The van der Waals surface area contributed by atoms with Crippen LogP contribution in [-0.4, -0.2) is 71.2 Å². The fraction of sp³-hybridized carbons (Fsp3) is 0.571. The standard InChI is InChI=1S/C49H75N2O3P/c1-8-9-10-11-12-13-14-15-16-26-34-51(39-43(52)40-54-47(53)41(2)3,42-37-48(4,5)50-49(6,7)38-42)35-27-36-55(44-28-20-17-21-29-44,45-30-22-18-23-31-45)46-32-24-19-25-33-46/h17-25,28-33,42-43,50,52H,2,8-16,26-27,34-40H2,1,3-7H3/q+2. The van der Waals surface area contributed by atoms with Gasteiger partial charge in [-0.1, -0.05) is 119 Å². The molecule has 3 aromatic carbocycles. The number of benzene rings is 3. The van der Waals surface area contributed by atoms with Crippen molar-refractivity contribution in [1.29, 1.82) is 0 Å². The van der Waals surface area contributed by atoms with E-state index in [2.05, 4.69) is 138 Å². The largest absolute Gasteiger partial charge is 0.459 e. The molecule has 302 valence electrons. The number of quaternary nitrogens is 1. The van der Waals surface area contributed by atoms with Gasteiger partial charge in [0.2, 0.25) is 0 Å². The van der Waals surface area contributed by atoms with Crippen LogP contribution in [0.3, 0.4) is 0 Å². The first-order valence-corrected chi connectivity index (χ1v) is 23.5. The fourth-order valence-electron chi connectivity index (χ4n) is 9.65. The Labute approximate surface area is 336 Å². The van der Waals surface area contributed by atoms with Crippen molar-refractivity contribution in [3.05, 3.63) is 103 Å². The molecule has 4 rings (SSSR count). The van der Waals surface area contributed by atoms with Crippen LogP contribution in [0.25, 0.3) is 0 Å². The molecule has 1 aliphatic rings. The molecule has 2 atom stereocenters. The molecule has 5 nitrogen and oxygen atoms in total. The van der Waals surface area contributed by atoms with Crippen molar-refractivity contribution >= 4 is 29.1 Å². The number of nitrogens with one attached hydrogen (secondary N) is 1. The first-order valence-electron chi connectivity index (χ1n) is 21.5. The van der Waals surface area contributed by atoms with Crippen LogP contribution in [-0.2, 0) is 9.53 Å². The average molecular weight is 771 g/mol. The zero-order valence-corrected chi connectivity index (χ0v) is 36.3. The third-order valence-corrected chi connectivity index (χ3v) is 16.4. The van der Waals surface area contributed by atoms with Gasteiger partial charge < -0.3 is 19.6 Å². The molecule has 0 bridgehead atoms. The summed E-state index contributed by atoms with van der Waals surface area (Å²) in [6.45, 7) is 19.7. The SMILES string of the molecule is C=C(C)C(=O)OCC(O)C[N+](CCCCCCCCCCCC)(CCC[P+](c1ccccc1)(c1ccccc1)c1ccccc1)C1CC(C)(C)NC(C)(C)C1. The predicted octanol–water partition coefficient (Wildman–Crippen LogP) is 9.90. The molecule has 1 saturated heterocycles. The van der Waals surface area contributed by atoms with Gasteiger partial charge in [-0.15, -0.1) is 0 Å². The lowest BCUT2D eigenvalue weighted by molar-refractivity contribution is -0.956. The van der Waals surface area contributed by atoms with Crippen LogP contribution in [0.5, 0.6) is 0 Å². The van der Waals surface area contributed by atoms with Crippen LogP contribution in [0.2, 0.25) is 0 Å². The summed E-state index contributed by atoms with van der Waals surface area (Å²) in [7, 11) is -2.02. The van der Waals surface area contributed by atoms with Crippen LogP contribution >= 0.6 is 7.26 Å². The summed E-state index contributed by atoms with van der Waals surface area (Å²) >= 11 is 0. The molecule has 55 heavy (non-hydrogen) atoms. The van der Waals surface area contributed by atoms with E-state index in [1.54, 1.807) is 6.92 Å². The van der Waals surface area contributed by atoms with E-state index in [9.17, 15) is 9.90 Å². The van der Waals surface area contributed by atoms with Gasteiger partial charge in [0.15, 0.2) is 0 Å². The van der Waals surface area contributed by atoms with Gasteiger partial charge in [0.05, 0.1) is 25.3 Å². The minimum Gasteiger partial charge on any atom is -0.459 e. The molecule has 3 aromatic rings. The number of hydrogen-bond donors (Lipinski definition) is 2. The number of carbonyl (C=O) groups is 1. The number of nitrogens with zero attached hydrogens (tertiary/aromatic N) is 1. The zero-order chi connectivity index (χ0) is 39.8. The summed E-state index contributed by atoms with van der Waals surface area (Å²) < 4.78 is 6.46. The van der Waals surface area contributed by atoms with Gasteiger partial charge in [-0.05, 0) is 83.9 Å². The molecule has 0 radical (unpaired) electrons. The van der Waals surface area contributed by atoms with Gasteiger partial charge in [0.25, 0.3) is 0 Å². The van der Waals surface area contributed by atoms with Gasteiger partial charge in [-0.3, -0.25) is 0 Å². The molecule has 2 unspecified atom stereocenters. The summed E-state index contributed by atoms with van der Waals surface area (Å²) in [5.74, 6) is -0.431. The third kappa shape index (κ3) is 13.4. The van der Waals surface area contributed by atoms with Crippen LogP contribution in [0.15, 0.2) is 103 Å². The van der Waals surface area contributed by atoms with Crippen LogP contribution < -0.4 is 21.2 Å². The monoisotopic (exact) mass is 771 g/mol. The van der Waals surface area contributed by atoms with E-state index in [0.29, 0.717) is 18.2 Å². The number of rotatable bonds is 24. The summed E-state index contributed by atoms with van der Waals surface area (Å²) in [6, 6.07) is 34.0. The summed E-state index contributed by atoms with van der Waals surface area (Å²) in [4.78, 5) is 12.5. The molecule has 0 aromatic heterocycles. The maximum absolute atomic E-state index is 12.5. The zero-order valence-electron chi connectivity index (χ0n) is 35.4. The molecule has 6 heteroatoms. The number of piperidine rings is 1. The van der Waals surface area contributed by atoms with Crippen molar-refractivity contribution in [2.75, 3.05) is 32.4 Å². The summed E-state index contributed by atoms with van der Waals surface area (Å²) in [5, 5.41) is 20.0. The number of aliphatic hydroxyl groups excluding tert-OH is 1. The predicted molar refractivity (Wildman–Crippen MR) is 237 cm³/mol. The van der Waals surface area contributed by atoms with Crippen molar-refractivity contribution in [1.82, 2.24) is 5.32 Å². The first-order chi connectivity index (χ1) is 26.3. The molecule has 1 fully saturated rings. The van der Waals surface area contributed by atoms with Crippen molar-refractivity contribution in [3.63, 3.8) is 0 Å². The molecule has 0 amide bonds. The summed E-state index contributed by atoms with van der Waals surface area (Å²) in [6.07, 6.45) is 16.3. The average Bonchev–Trinajstić information content (AvgIpc) is 3.16. The number of aliphatic hydroxyl groups is 1. The van der Waals surface area contributed by atoms with E-state index in [1.165, 1.54) is 73.7 Å². The van der Waals surface area contributed by atoms with Crippen LogP contribution in [0.4, 0.5) is 0 Å². The van der Waals surface area contributed by atoms with Gasteiger partial charge >= 0.3 is 5.97 Å². The Morgan fingerprint density at radius 2 is 1.16 bits per heavy atom. The lowest BCUT2D eigenvalue weighted by atomic mass is 9.77. The highest BCUT2D eigenvalue weighted by atomic mass is 31.2. The van der Waals surface area contributed by atoms with Crippen molar-refractivity contribution in [3.8, 4) is 0 Å². The maximum Gasteiger partial charge on any atom is 0.333 e. The Kier molecular flexibility index (Phi) is 17.7. The number of hydrogen-bond acceptors (Lipinski definition) is 4. The third-order valence-electron chi connectivity index (χ3n) is 11.9.